The minimum atomic E-state index is -1.21. The molecule has 0 saturated heterocycles. The van der Waals surface area contributed by atoms with Crippen LogP contribution in [0.5, 0.6) is 0 Å². The molecule has 1 atom stereocenters. The molecule has 10 nitrogen and oxygen atoms in total. The largest absolute Gasteiger partial charge is 0.346 e. The van der Waals surface area contributed by atoms with Crippen molar-refractivity contribution in [1.82, 2.24) is 40.3 Å². The molecule has 1 amide bonds. The van der Waals surface area contributed by atoms with E-state index < -0.39 is 6.17 Å². The van der Waals surface area contributed by atoms with Gasteiger partial charge in [0, 0.05) is 31.4 Å². The summed E-state index contributed by atoms with van der Waals surface area (Å²) < 4.78 is 16.7. The SMILES string of the molecule is Cc1ccc(CNC(=O)c2cn(CCC(F)Cn3cc(C=O)nn3)nn2)cn1. The van der Waals surface area contributed by atoms with Gasteiger partial charge in [-0.25, -0.2) is 9.07 Å². The fourth-order valence-corrected chi connectivity index (χ4v) is 2.41. The average Bonchev–Trinajstić information content (AvgIpc) is 3.35. The first-order valence-corrected chi connectivity index (χ1v) is 8.62. The van der Waals surface area contributed by atoms with Crippen LogP contribution in [0.2, 0.25) is 0 Å². The third-order valence-electron chi connectivity index (χ3n) is 3.93. The topological polar surface area (TPSA) is 120 Å². The third-order valence-corrected chi connectivity index (χ3v) is 3.93. The van der Waals surface area contributed by atoms with E-state index in [1.165, 1.54) is 21.8 Å². The highest BCUT2D eigenvalue weighted by Crippen LogP contribution is 2.05. The molecule has 3 aromatic rings. The number of alkyl halides is 1. The fourth-order valence-electron chi connectivity index (χ4n) is 2.41. The number of pyridine rings is 1. The second-order valence-electron chi connectivity index (χ2n) is 6.23. The molecule has 0 fully saturated rings. The number of rotatable bonds is 9. The zero-order chi connectivity index (χ0) is 19.9. The molecule has 3 aromatic heterocycles. The first-order chi connectivity index (χ1) is 13.5. The monoisotopic (exact) mass is 386 g/mol. The zero-order valence-corrected chi connectivity index (χ0v) is 15.2. The molecule has 0 spiro atoms. The summed E-state index contributed by atoms with van der Waals surface area (Å²) in [6.45, 7) is 2.44. The number of carbonyl (C=O) groups excluding carboxylic acids is 2. The molecule has 1 unspecified atom stereocenters. The normalized spacial score (nSPS) is 11.9. The maximum atomic E-state index is 14.1. The van der Waals surface area contributed by atoms with Gasteiger partial charge in [-0.1, -0.05) is 16.5 Å². The van der Waals surface area contributed by atoms with Crippen LogP contribution in [0.15, 0.2) is 30.7 Å². The van der Waals surface area contributed by atoms with E-state index in [4.69, 9.17) is 0 Å². The van der Waals surface area contributed by atoms with Gasteiger partial charge in [0.05, 0.1) is 18.9 Å². The zero-order valence-electron chi connectivity index (χ0n) is 15.2. The van der Waals surface area contributed by atoms with Gasteiger partial charge in [0.2, 0.25) is 0 Å². The quantitative estimate of drug-likeness (QED) is 0.539. The van der Waals surface area contributed by atoms with E-state index in [0.29, 0.717) is 12.8 Å². The summed E-state index contributed by atoms with van der Waals surface area (Å²) in [6.07, 6.45) is 4.03. The van der Waals surface area contributed by atoms with Crippen molar-refractivity contribution in [3.63, 3.8) is 0 Å². The third kappa shape index (κ3) is 5.25. The predicted octanol–water partition coefficient (Wildman–Crippen LogP) is 0.744. The summed E-state index contributed by atoms with van der Waals surface area (Å²) in [4.78, 5) is 26.9. The number of carbonyl (C=O) groups is 2. The Hall–Kier alpha value is -3.50. The van der Waals surface area contributed by atoms with Crippen LogP contribution in [0.3, 0.4) is 0 Å². The summed E-state index contributed by atoms with van der Waals surface area (Å²) in [7, 11) is 0. The van der Waals surface area contributed by atoms with Crippen LogP contribution in [-0.2, 0) is 19.6 Å². The molecule has 0 aliphatic rings. The molecule has 0 aliphatic carbocycles. The standard InChI is InChI=1S/C17H19FN8O2/c1-12-2-3-13(6-19-12)7-20-17(28)16-10-25(24-22-16)5-4-14(18)8-26-9-15(11-27)21-23-26/h2-3,6,9-11,14H,4-5,7-8H2,1H3,(H,20,28). The van der Waals surface area contributed by atoms with Gasteiger partial charge in [0.15, 0.2) is 12.0 Å². The van der Waals surface area contributed by atoms with Crippen LogP contribution in [-0.4, -0.2) is 53.3 Å². The molecule has 146 valence electrons. The van der Waals surface area contributed by atoms with Crippen molar-refractivity contribution in [2.45, 2.75) is 39.2 Å². The Labute approximate surface area is 159 Å². The predicted molar refractivity (Wildman–Crippen MR) is 95.1 cm³/mol. The van der Waals surface area contributed by atoms with E-state index in [1.54, 1.807) is 6.20 Å². The minimum absolute atomic E-state index is 0.0204. The summed E-state index contributed by atoms with van der Waals surface area (Å²) in [5.41, 5.74) is 2.08. The van der Waals surface area contributed by atoms with Gasteiger partial charge in [-0.2, -0.15) is 0 Å². The molecule has 1 N–H and O–H groups in total. The van der Waals surface area contributed by atoms with E-state index in [-0.39, 0.29) is 36.8 Å². The number of nitrogens with one attached hydrogen (secondary N) is 1. The van der Waals surface area contributed by atoms with Crippen molar-refractivity contribution >= 4 is 12.2 Å². The van der Waals surface area contributed by atoms with Gasteiger partial charge < -0.3 is 5.32 Å². The van der Waals surface area contributed by atoms with E-state index >= 15 is 0 Å². The minimum Gasteiger partial charge on any atom is -0.346 e. The van der Waals surface area contributed by atoms with Crippen molar-refractivity contribution in [2.75, 3.05) is 0 Å². The molecule has 0 saturated carbocycles. The average molecular weight is 386 g/mol. The van der Waals surface area contributed by atoms with Crippen molar-refractivity contribution in [2.24, 2.45) is 0 Å². The molecular weight excluding hydrogens is 367 g/mol. The van der Waals surface area contributed by atoms with Gasteiger partial charge >= 0.3 is 0 Å². The summed E-state index contributed by atoms with van der Waals surface area (Å²) in [6, 6.07) is 3.75. The number of aromatic nitrogens is 7. The highest BCUT2D eigenvalue weighted by Gasteiger charge is 2.13. The number of aldehydes is 1. The Morgan fingerprint density at radius 1 is 1.25 bits per heavy atom. The molecule has 0 radical (unpaired) electrons. The highest BCUT2D eigenvalue weighted by molar-refractivity contribution is 5.91. The second-order valence-corrected chi connectivity index (χ2v) is 6.23. The van der Waals surface area contributed by atoms with Crippen LogP contribution in [0.25, 0.3) is 0 Å². The van der Waals surface area contributed by atoms with Gasteiger partial charge in [0.1, 0.15) is 11.9 Å². The van der Waals surface area contributed by atoms with Crippen molar-refractivity contribution in [3.05, 3.63) is 53.4 Å². The number of nitrogens with zero attached hydrogens (tertiary/aromatic N) is 7. The Bertz CT molecular complexity index is 937. The van der Waals surface area contributed by atoms with Crippen LogP contribution in [0.1, 0.15) is 38.7 Å². The van der Waals surface area contributed by atoms with Gasteiger partial charge in [-0.05, 0) is 18.6 Å². The van der Waals surface area contributed by atoms with Crippen LogP contribution in [0, 0.1) is 6.92 Å². The number of aryl methyl sites for hydroxylation is 2. The van der Waals surface area contributed by atoms with Crippen LogP contribution in [0.4, 0.5) is 4.39 Å². The number of hydrogen-bond donors (Lipinski definition) is 1. The van der Waals surface area contributed by atoms with Gasteiger partial charge in [-0.15, -0.1) is 10.2 Å². The molecule has 0 bridgehead atoms. The molecule has 3 rings (SSSR count). The summed E-state index contributed by atoms with van der Waals surface area (Å²) in [5.74, 6) is -0.368. The number of halogens is 1. The van der Waals surface area contributed by atoms with E-state index in [1.807, 2.05) is 19.1 Å². The molecule has 0 aromatic carbocycles. The van der Waals surface area contributed by atoms with E-state index in [2.05, 4.69) is 30.9 Å². The lowest BCUT2D eigenvalue weighted by Crippen LogP contribution is -2.23. The lowest BCUT2D eigenvalue weighted by Gasteiger charge is -2.07. The summed E-state index contributed by atoms with van der Waals surface area (Å²) in [5, 5.41) is 17.6. The number of amides is 1. The lowest BCUT2D eigenvalue weighted by molar-refractivity contribution is 0.0945. The van der Waals surface area contributed by atoms with E-state index in [9.17, 15) is 14.0 Å². The van der Waals surface area contributed by atoms with Gasteiger partial charge in [-0.3, -0.25) is 19.3 Å². The maximum Gasteiger partial charge on any atom is 0.273 e. The highest BCUT2D eigenvalue weighted by atomic mass is 19.1. The van der Waals surface area contributed by atoms with Crippen LogP contribution >= 0.6 is 0 Å². The Kier molecular flexibility index (Phi) is 6.14. The molecule has 28 heavy (non-hydrogen) atoms. The smallest absolute Gasteiger partial charge is 0.273 e. The van der Waals surface area contributed by atoms with Crippen molar-refractivity contribution in [3.8, 4) is 0 Å². The first-order valence-electron chi connectivity index (χ1n) is 8.62. The fraction of sp³-hybridized carbons (Fsp3) is 0.353. The van der Waals surface area contributed by atoms with Crippen molar-refractivity contribution in [1.29, 1.82) is 0 Å². The Balaban J connectivity index is 1.45. The lowest BCUT2D eigenvalue weighted by atomic mass is 10.2. The second kappa shape index (κ2) is 8.93. The maximum absolute atomic E-state index is 14.1. The molecule has 0 aliphatic heterocycles. The first kappa shape index (κ1) is 19.3. The molecule has 3 heterocycles. The Morgan fingerprint density at radius 2 is 2.07 bits per heavy atom. The molecule has 11 heteroatoms. The van der Waals surface area contributed by atoms with E-state index in [0.717, 1.165) is 11.3 Å². The van der Waals surface area contributed by atoms with Gasteiger partial charge in [0.25, 0.3) is 5.91 Å². The Morgan fingerprint density at radius 3 is 2.79 bits per heavy atom. The molecular formula is C17H19FN8O2. The van der Waals surface area contributed by atoms with Crippen LogP contribution < -0.4 is 5.32 Å². The number of hydrogen-bond acceptors (Lipinski definition) is 7. The summed E-state index contributed by atoms with van der Waals surface area (Å²) >= 11 is 0. The van der Waals surface area contributed by atoms with Crippen molar-refractivity contribution < 1.29 is 14.0 Å².